The standard InChI is InChI=1S/C10H10N2/c1-3-4-5-6-7-10-11-8-9-12(10)2/h4-5,7-9H,1H2,2H3. The maximum absolute atomic E-state index is 4.09. The number of rotatable bonds is 2. The van der Waals surface area contributed by atoms with E-state index in [2.05, 4.69) is 23.0 Å². The molecule has 0 saturated carbocycles. The first-order valence-corrected chi connectivity index (χ1v) is 3.59. The minimum absolute atomic E-state index is 0.878. The van der Waals surface area contributed by atoms with Crippen LogP contribution in [0.2, 0.25) is 0 Å². The number of hydrogen-bond acceptors (Lipinski definition) is 1. The predicted octanol–water partition coefficient (Wildman–Crippen LogP) is 1.93. The number of nitrogens with zero attached hydrogens (tertiary/aromatic N) is 2. The number of imidazole rings is 1. The Morgan fingerprint density at radius 3 is 3.00 bits per heavy atom. The molecule has 0 saturated heterocycles. The summed E-state index contributed by atoms with van der Waals surface area (Å²) in [6.45, 7) is 3.43. The SMILES string of the molecule is C=C=CC=C=Cc1nccn1C. The van der Waals surface area contributed by atoms with Crippen LogP contribution in [0.1, 0.15) is 5.82 Å². The zero-order valence-electron chi connectivity index (χ0n) is 6.99. The van der Waals surface area contributed by atoms with Crippen LogP contribution in [0.4, 0.5) is 0 Å². The Balaban J connectivity index is 2.82. The summed E-state index contributed by atoms with van der Waals surface area (Å²) in [5.74, 6) is 0.878. The minimum Gasteiger partial charge on any atom is -0.334 e. The molecule has 0 bridgehead atoms. The molecule has 0 aliphatic heterocycles. The van der Waals surface area contributed by atoms with E-state index in [1.165, 1.54) is 0 Å². The first-order valence-electron chi connectivity index (χ1n) is 3.59. The van der Waals surface area contributed by atoms with Crippen LogP contribution in [0, 0.1) is 0 Å². The highest BCUT2D eigenvalue weighted by Gasteiger charge is 1.88. The van der Waals surface area contributed by atoms with Crippen molar-refractivity contribution in [3.05, 3.63) is 48.4 Å². The van der Waals surface area contributed by atoms with Gasteiger partial charge in [0.1, 0.15) is 5.82 Å². The van der Waals surface area contributed by atoms with Crippen LogP contribution in [-0.2, 0) is 7.05 Å². The second kappa shape index (κ2) is 4.20. The molecule has 1 aromatic heterocycles. The number of hydrogen-bond donors (Lipinski definition) is 0. The van der Waals surface area contributed by atoms with E-state index in [4.69, 9.17) is 0 Å². The summed E-state index contributed by atoms with van der Waals surface area (Å²) in [4.78, 5) is 4.09. The summed E-state index contributed by atoms with van der Waals surface area (Å²) in [6, 6.07) is 0. The lowest BCUT2D eigenvalue weighted by Crippen LogP contribution is -1.87. The largest absolute Gasteiger partial charge is 0.334 e. The van der Waals surface area contributed by atoms with Crippen LogP contribution >= 0.6 is 0 Å². The molecule has 2 nitrogen and oxygen atoms in total. The Labute approximate surface area is 71.9 Å². The van der Waals surface area contributed by atoms with E-state index >= 15 is 0 Å². The van der Waals surface area contributed by atoms with Crippen molar-refractivity contribution in [1.82, 2.24) is 9.55 Å². The van der Waals surface area contributed by atoms with E-state index in [0.717, 1.165) is 5.82 Å². The molecule has 0 atom stereocenters. The maximum atomic E-state index is 4.09. The van der Waals surface area contributed by atoms with Gasteiger partial charge in [-0.1, -0.05) is 6.58 Å². The van der Waals surface area contributed by atoms with E-state index in [9.17, 15) is 0 Å². The van der Waals surface area contributed by atoms with Crippen molar-refractivity contribution in [3.8, 4) is 0 Å². The van der Waals surface area contributed by atoms with Crippen LogP contribution in [0.15, 0.2) is 42.6 Å². The minimum atomic E-state index is 0.878. The second-order valence-electron chi connectivity index (χ2n) is 2.24. The van der Waals surface area contributed by atoms with Crippen molar-refractivity contribution >= 4 is 6.08 Å². The molecule has 0 unspecified atom stereocenters. The van der Waals surface area contributed by atoms with E-state index in [-0.39, 0.29) is 0 Å². The maximum Gasteiger partial charge on any atom is 0.140 e. The summed E-state index contributed by atoms with van der Waals surface area (Å²) in [5.41, 5.74) is 5.56. The van der Waals surface area contributed by atoms with Crippen LogP contribution in [0.5, 0.6) is 0 Å². The summed E-state index contributed by atoms with van der Waals surface area (Å²) < 4.78 is 1.92. The van der Waals surface area contributed by atoms with Gasteiger partial charge in [0.15, 0.2) is 0 Å². The van der Waals surface area contributed by atoms with Crippen molar-refractivity contribution in [2.24, 2.45) is 7.05 Å². The fourth-order valence-corrected chi connectivity index (χ4v) is 0.746. The van der Waals surface area contributed by atoms with Gasteiger partial charge in [0, 0.05) is 25.5 Å². The summed E-state index contributed by atoms with van der Waals surface area (Å²) in [5, 5.41) is 0. The summed E-state index contributed by atoms with van der Waals surface area (Å²) in [7, 11) is 1.93. The monoisotopic (exact) mass is 158 g/mol. The van der Waals surface area contributed by atoms with E-state index in [1.54, 1.807) is 24.4 Å². The third kappa shape index (κ3) is 2.14. The molecule has 0 fully saturated rings. The lowest BCUT2D eigenvalue weighted by atomic mass is 10.5. The number of aryl methyl sites for hydroxylation is 1. The van der Waals surface area contributed by atoms with Crippen LogP contribution in [0.3, 0.4) is 0 Å². The van der Waals surface area contributed by atoms with Gasteiger partial charge in [-0.05, 0) is 12.2 Å². The molecule has 0 aromatic carbocycles. The quantitative estimate of drug-likeness (QED) is 0.475. The molecular formula is C10H10N2. The second-order valence-corrected chi connectivity index (χ2v) is 2.24. The highest BCUT2D eigenvalue weighted by molar-refractivity contribution is 5.39. The fourth-order valence-electron chi connectivity index (χ4n) is 0.746. The van der Waals surface area contributed by atoms with E-state index in [1.807, 2.05) is 17.8 Å². The molecule has 0 aliphatic rings. The molecule has 0 aliphatic carbocycles. The van der Waals surface area contributed by atoms with Gasteiger partial charge in [-0.3, -0.25) is 0 Å². The average molecular weight is 158 g/mol. The lowest BCUT2D eigenvalue weighted by molar-refractivity contribution is 0.897. The normalized spacial score (nSPS) is 8.08. The molecule has 0 spiro atoms. The number of aromatic nitrogens is 2. The molecule has 12 heavy (non-hydrogen) atoms. The summed E-state index contributed by atoms with van der Waals surface area (Å²) in [6.07, 6.45) is 8.86. The van der Waals surface area contributed by atoms with Crippen molar-refractivity contribution < 1.29 is 0 Å². The third-order valence-electron chi connectivity index (χ3n) is 1.37. The van der Waals surface area contributed by atoms with Gasteiger partial charge in [0.05, 0.1) is 0 Å². The molecule has 1 heterocycles. The highest BCUT2D eigenvalue weighted by Crippen LogP contribution is 1.94. The third-order valence-corrected chi connectivity index (χ3v) is 1.37. The van der Waals surface area contributed by atoms with Crippen LogP contribution in [0.25, 0.3) is 6.08 Å². The molecule has 60 valence electrons. The topological polar surface area (TPSA) is 17.8 Å². The van der Waals surface area contributed by atoms with Gasteiger partial charge in [0.2, 0.25) is 0 Å². The van der Waals surface area contributed by atoms with Crippen molar-refractivity contribution in [2.45, 2.75) is 0 Å². The Morgan fingerprint density at radius 2 is 2.42 bits per heavy atom. The average Bonchev–Trinajstić information content (AvgIpc) is 2.46. The fraction of sp³-hybridized carbons (Fsp3) is 0.100. The van der Waals surface area contributed by atoms with Crippen molar-refractivity contribution in [2.75, 3.05) is 0 Å². The van der Waals surface area contributed by atoms with Gasteiger partial charge < -0.3 is 4.57 Å². The highest BCUT2D eigenvalue weighted by atomic mass is 15.0. The van der Waals surface area contributed by atoms with Crippen molar-refractivity contribution in [1.29, 1.82) is 0 Å². The van der Waals surface area contributed by atoms with Gasteiger partial charge in [-0.25, -0.2) is 4.98 Å². The van der Waals surface area contributed by atoms with Gasteiger partial charge in [-0.15, -0.1) is 11.5 Å². The Kier molecular flexibility index (Phi) is 2.92. The van der Waals surface area contributed by atoms with Gasteiger partial charge in [0.25, 0.3) is 0 Å². The molecule has 2 heteroatoms. The van der Waals surface area contributed by atoms with Crippen molar-refractivity contribution in [3.63, 3.8) is 0 Å². The zero-order valence-corrected chi connectivity index (χ0v) is 6.99. The first kappa shape index (κ1) is 8.35. The van der Waals surface area contributed by atoms with Crippen LogP contribution in [-0.4, -0.2) is 9.55 Å². The Hall–Kier alpha value is -1.75. The molecule has 1 aromatic rings. The smallest absolute Gasteiger partial charge is 0.140 e. The van der Waals surface area contributed by atoms with Crippen LogP contribution < -0.4 is 0 Å². The van der Waals surface area contributed by atoms with E-state index < -0.39 is 0 Å². The Bertz CT molecular complexity index is 359. The van der Waals surface area contributed by atoms with Gasteiger partial charge in [-0.2, -0.15) is 0 Å². The first-order chi connectivity index (χ1) is 5.84. The number of allylic oxidation sites excluding steroid dienone is 2. The molecular weight excluding hydrogens is 148 g/mol. The molecule has 0 N–H and O–H groups in total. The molecule has 0 amide bonds. The Morgan fingerprint density at radius 1 is 1.58 bits per heavy atom. The predicted molar refractivity (Wildman–Crippen MR) is 49.5 cm³/mol. The van der Waals surface area contributed by atoms with Gasteiger partial charge >= 0.3 is 0 Å². The zero-order chi connectivity index (χ0) is 8.81. The lowest BCUT2D eigenvalue weighted by Gasteiger charge is -1.89. The molecule has 1 rings (SSSR count). The summed E-state index contributed by atoms with van der Waals surface area (Å²) >= 11 is 0. The van der Waals surface area contributed by atoms with E-state index in [0.29, 0.717) is 0 Å². The molecule has 0 radical (unpaired) electrons.